The standard InChI is InChI=1S/C21H25ClN4O2/c1-13-9-14(2)24-19-18(13)20(25-26(19)5)28-11-17(27)23-12-21(3,4)15-7-6-8-16(22)10-15/h6-10H,11-12H2,1-5H3,(H,23,27). The van der Waals surface area contributed by atoms with E-state index in [1.54, 1.807) is 4.68 Å². The highest BCUT2D eigenvalue weighted by molar-refractivity contribution is 6.30. The predicted molar refractivity (Wildman–Crippen MR) is 111 cm³/mol. The lowest BCUT2D eigenvalue weighted by atomic mass is 9.84. The fraction of sp³-hybridized carbons (Fsp3) is 0.381. The molecule has 1 N–H and O–H groups in total. The first kappa shape index (κ1) is 20.1. The summed E-state index contributed by atoms with van der Waals surface area (Å²) in [6, 6.07) is 9.65. The van der Waals surface area contributed by atoms with Crippen molar-refractivity contribution in [3.63, 3.8) is 0 Å². The molecule has 0 aliphatic carbocycles. The average Bonchev–Trinajstić information content (AvgIpc) is 2.94. The highest BCUT2D eigenvalue weighted by Gasteiger charge is 2.22. The number of halogens is 1. The Morgan fingerprint density at radius 2 is 2.04 bits per heavy atom. The first-order chi connectivity index (χ1) is 13.2. The molecular formula is C21H25ClN4O2. The second-order valence-corrected chi connectivity index (χ2v) is 8.10. The summed E-state index contributed by atoms with van der Waals surface area (Å²) in [4.78, 5) is 16.8. The summed E-state index contributed by atoms with van der Waals surface area (Å²) in [7, 11) is 1.81. The van der Waals surface area contributed by atoms with Gasteiger partial charge in [-0.2, -0.15) is 0 Å². The fourth-order valence-corrected chi connectivity index (χ4v) is 3.36. The Labute approximate surface area is 169 Å². The number of carbonyl (C=O) groups excluding carboxylic acids is 1. The molecule has 7 heteroatoms. The molecule has 28 heavy (non-hydrogen) atoms. The third-order valence-electron chi connectivity index (χ3n) is 4.76. The van der Waals surface area contributed by atoms with Gasteiger partial charge in [0.1, 0.15) is 0 Å². The van der Waals surface area contributed by atoms with Crippen LogP contribution in [0.4, 0.5) is 0 Å². The number of fused-ring (bicyclic) bond motifs is 1. The second-order valence-electron chi connectivity index (χ2n) is 7.67. The Balaban J connectivity index is 1.64. The van der Waals surface area contributed by atoms with Crippen LogP contribution in [0.25, 0.3) is 11.0 Å². The van der Waals surface area contributed by atoms with Crippen LogP contribution in [0.3, 0.4) is 0 Å². The number of benzene rings is 1. The summed E-state index contributed by atoms with van der Waals surface area (Å²) in [5.74, 6) is 0.221. The minimum atomic E-state index is -0.254. The first-order valence-corrected chi connectivity index (χ1v) is 9.51. The zero-order valence-electron chi connectivity index (χ0n) is 16.8. The van der Waals surface area contributed by atoms with Crippen molar-refractivity contribution >= 4 is 28.5 Å². The normalized spacial score (nSPS) is 11.6. The molecule has 0 fully saturated rings. The molecule has 1 amide bonds. The summed E-state index contributed by atoms with van der Waals surface area (Å²) >= 11 is 6.08. The maximum atomic E-state index is 12.3. The number of pyridine rings is 1. The molecule has 1 aromatic carbocycles. The molecule has 2 heterocycles. The monoisotopic (exact) mass is 400 g/mol. The van der Waals surface area contributed by atoms with Gasteiger partial charge in [-0.1, -0.05) is 37.6 Å². The lowest BCUT2D eigenvalue weighted by Crippen LogP contribution is -2.39. The van der Waals surface area contributed by atoms with E-state index in [-0.39, 0.29) is 17.9 Å². The van der Waals surface area contributed by atoms with Crippen LogP contribution in [0.5, 0.6) is 5.88 Å². The van der Waals surface area contributed by atoms with Crippen molar-refractivity contribution in [2.75, 3.05) is 13.2 Å². The quantitative estimate of drug-likeness (QED) is 0.684. The Bertz CT molecular complexity index is 1030. The van der Waals surface area contributed by atoms with Gasteiger partial charge in [0.2, 0.25) is 5.88 Å². The van der Waals surface area contributed by atoms with Crippen molar-refractivity contribution in [2.24, 2.45) is 7.05 Å². The molecule has 6 nitrogen and oxygen atoms in total. The Morgan fingerprint density at radius 1 is 1.29 bits per heavy atom. The van der Waals surface area contributed by atoms with Crippen LogP contribution < -0.4 is 10.1 Å². The number of amides is 1. The van der Waals surface area contributed by atoms with Gasteiger partial charge in [0.05, 0.1) is 5.39 Å². The van der Waals surface area contributed by atoms with Crippen molar-refractivity contribution in [1.82, 2.24) is 20.1 Å². The van der Waals surface area contributed by atoms with Gasteiger partial charge in [0.25, 0.3) is 5.91 Å². The van der Waals surface area contributed by atoms with E-state index in [9.17, 15) is 4.79 Å². The predicted octanol–water partition coefficient (Wildman–Crippen LogP) is 3.71. The maximum absolute atomic E-state index is 12.3. The average molecular weight is 401 g/mol. The Kier molecular flexibility index (Phi) is 5.61. The van der Waals surface area contributed by atoms with E-state index in [0.717, 1.165) is 27.9 Å². The van der Waals surface area contributed by atoms with Crippen LogP contribution in [-0.2, 0) is 17.3 Å². The third kappa shape index (κ3) is 4.28. The van der Waals surface area contributed by atoms with Gasteiger partial charge in [-0.05, 0) is 43.2 Å². The molecule has 0 radical (unpaired) electrons. The summed E-state index contributed by atoms with van der Waals surface area (Å²) < 4.78 is 7.38. The molecule has 2 aromatic heterocycles. The van der Waals surface area contributed by atoms with E-state index in [4.69, 9.17) is 16.3 Å². The number of carbonyl (C=O) groups is 1. The van der Waals surface area contributed by atoms with Crippen molar-refractivity contribution in [3.8, 4) is 5.88 Å². The van der Waals surface area contributed by atoms with E-state index >= 15 is 0 Å². The smallest absolute Gasteiger partial charge is 0.258 e. The molecule has 0 atom stereocenters. The number of ether oxygens (including phenoxy) is 1. The first-order valence-electron chi connectivity index (χ1n) is 9.14. The summed E-state index contributed by atoms with van der Waals surface area (Å²) in [6.45, 7) is 8.41. The fourth-order valence-electron chi connectivity index (χ4n) is 3.17. The van der Waals surface area contributed by atoms with Crippen molar-refractivity contribution in [2.45, 2.75) is 33.1 Å². The van der Waals surface area contributed by atoms with E-state index in [2.05, 4.69) is 29.2 Å². The minimum absolute atomic E-state index is 0.106. The minimum Gasteiger partial charge on any atom is -0.466 e. The molecule has 0 saturated carbocycles. The SMILES string of the molecule is Cc1cc(C)c2c(OCC(=O)NCC(C)(C)c3cccc(Cl)c3)nn(C)c2n1. The Morgan fingerprint density at radius 3 is 2.75 bits per heavy atom. The van der Waals surface area contributed by atoms with Crippen LogP contribution in [0, 0.1) is 13.8 Å². The zero-order chi connectivity index (χ0) is 20.5. The summed E-state index contributed by atoms with van der Waals surface area (Å²) in [5, 5.41) is 8.82. The molecule has 0 saturated heterocycles. The van der Waals surface area contributed by atoms with Crippen molar-refractivity contribution < 1.29 is 9.53 Å². The van der Waals surface area contributed by atoms with Gasteiger partial charge < -0.3 is 10.1 Å². The van der Waals surface area contributed by atoms with Gasteiger partial charge >= 0.3 is 0 Å². The van der Waals surface area contributed by atoms with Crippen LogP contribution >= 0.6 is 11.6 Å². The molecular weight excluding hydrogens is 376 g/mol. The van der Waals surface area contributed by atoms with Crippen LogP contribution in [0.1, 0.15) is 30.7 Å². The molecule has 148 valence electrons. The lowest BCUT2D eigenvalue weighted by Gasteiger charge is -2.25. The number of nitrogens with zero attached hydrogens (tertiary/aromatic N) is 3. The number of aryl methyl sites for hydroxylation is 3. The number of nitrogens with one attached hydrogen (secondary N) is 1. The van der Waals surface area contributed by atoms with Crippen LogP contribution in [0.15, 0.2) is 30.3 Å². The maximum Gasteiger partial charge on any atom is 0.258 e. The highest BCUT2D eigenvalue weighted by Crippen LogP contribution is 2.27. The molecule has 3 aromatic rings. The zero-order valence-corrected chi connectivity index (χ0v) is 17.6. The number of hydrogen-bond donors (Lipinski definition) is 1. The summed E-state index contributed by atoms with van der Waals surface area (Å²) in [5.41, 5.74) is 3.49. The number of aromatic nitrogens is 3. The molecule has 3 rings (SSSR count). The van der Waals surface area contributed by atoms with E-state index in [1.165, 1.54) is 0 Å². The third-order valence-corrected chi connectivity index (χ3v) is 5.00. The summed E-state index contributed by atoms with van der Waals surface area (Å²) in [6.07, 6.45) is 0. The lowest BCUT2D eigenvalue weighted by molar-refractivity contribution is -0.123. The van der Waals surface area contributed by atoms with E-state index in [1.807, 2.05) is 51.2 Å². The molecule has 0 aliphatic heterocycles. The molecule has 0 aliphatic rings. The topological polar surface area (TPSA) is 69.0 Å². The van der Waals surface area contributed by atoms with Gasteiger partial charge in [-0.15, -0.1) is 5.10 Å². The molecule has 0 unspecified atom stereocenters. The van der Waals surface area contributed by atoms with Crippen molar-refractivity contribution in [3.05, 3.63) is 52.2 Å². The van der Waals surface area contributed by atoms with Gasteiger partial charge in [0, 0.05) is 29.7 Å². The molecule has 0 bridgehead atoms. The second kappa shape index (κ2) is 7.80. The number of hydrogen-bond acceptors (Lipinski definition) is 4. The van der Waals surface area contributed by atoms with Crippen molar-refractivity contribution in [1.29, 1.82) is 0 Å². The highest BCUT2D eigenvalue weighted by atomic mass is 35.5. The molecule has 0 spiro atoms. The Hall–Kier alpha value is -2.60. The van der Waals surface area contributed by atoms with Gasteiger partial charge in [-0.25, -0.2) is 9.67 Å². The van der Waals surface area contributed by atoms with Crippen LogP contribution in [-0.4, -0.2) is 33.8 Å². The van der Waals surface area contributed by atoms with Crippen LogP contribution in [0.2, 0.25) is 5.02 Å². The number of rotatable bonds is 6. The van der Waals surface area contributed by atoms with E-state index < -0.39 is 0 Å². The largest absolute Gasteiger partial charge is 0.466 e. The van der Waals surface area contributed by atoms with Gasteiger partial charge in [0.15, 0.2) is 12.3 Å². The van der Waals surface area contributed by atoms with E-state index in [0.29, 0.717) is 17.4 Å². The van der Waals surface area contributed by atoms with Gasteiger partial charge in [-0.3, -0.25) is 4.79 Å².